The molecule has 0 aliphatic carbocycles. The quantitative estimate of drug-likeness (QED) is 0.908. The number of nitrogens with zero attached hydrogens (tertiary/aromatic N) is 2. The third-order valence-corrected chi connectivity index (χ3v) is 4.81. The maximum absolute atomic E-state index is 12.3. The summed E-state index contributed by atoms with van der Waals surface area (Å²) in [7, 11) is 0. The van der Waals surface area contributed by atoms with Crippen molar-refractivity contribution in [1.82, 2.24) is 15.1 Å². The molecule has 0 bridgehead atoms. The van der Waals surface area contributed by atoms with Crippen molar-refractivity contribution in [1.29, 1.82) is 0 Å². The van der Waals surface area contributed by atoms with Crippen LogP contribution in [0.4, 0.5) is 0 Å². The fourth-order valence-corrected chi connectivity index (χ4v) is 3.19. The molecule has 1 heterocycles. The van der Waals surface area contributed by atoms with E-state index < -0.39 is 0 Å². The van der Waals surface area contributed by atoms with E-state index in [1.54, 1.807) is 0 Å². The first-order valence-electron chi connectivity index (χ1n) is 8.94. The summed E-state index contributed by atoms with van der Waals surface area (Å²) in [5.41, 5.74) is 0.628. The Labute approximate surface area is 148 Å². The van der Waals surface area contributed by atoms with Crippen molar-refractivity contribution in [2.75, 3.05) is 39.3 Å². The molecule has 132 valence electrons. The molecular formula is C20H25N3O2. The van der Waals surface area contributed by atoms with E-state index in [1.807, 2.05) is 47.4 Å². The van der Waals surface area contributed by atoms with Gasteiger partial charge in [-0.25, -0.2) is 0 Å². The minimum Gasteiger partial charge on any atom is -0.352 e. The van der Waals surface area contributed by atoms with Gasteiger partial charge in [0.05, 0.1) is 0 Å². The van der Waals surface area contributed by atoms with Crippen molar-refractivity contribution in [2.24, 2.45) is 0 Å². The number of likely N-dealkylation sites (N-methyl/N-ethyl adjacent to an activating group) is 1. The van der Waals surface area contributed by atoms with Gasteiger partial charge in [-0.2, -0.15) is 0 Å². The number of fused-ring (bicyclic) bond motifs is 1. The van der Waals surface area contributed by atoms with E-state index in [0.717, 1.165) is 43.5 Å². The molecule has 5 nitrogen and oxygen atoms in total. The van der Waals surface area contributed by atoms with Gasteiger partial charge in [-0.3, -0.25) is 9.59 Å². The molecule has 1 aliphatic rings. The summed E-state index contributed by atoms with van der Waals surface area (Å²) >= 11 is 0. The fraction of sp³-hybridized carbons (Fsp3) is 0.400. The third kappa shape index (κ3) is 4.37. The van der Waals surface area contributed by atoms with Crippen molar-refractivity contribution in [3.63, 3.8) is 0 Å². The van der Waals surface area contributed by atoms with Gasteiger partial charge in [-0.05, 0) is 29.4 Å². The second-order valence-electron chi connectivity index (χ2n) is 6.38. The number of piperazine rings is 1. The normalized spacial score (nSPS) is 15.3. The van der Waals surface area contributed by atoms with Gasteiger partial charge >= 0.3 is 0 Å². The lowest BCUT2D eigenvalue weighted by Gasteiger charge is -2.34. The van der Waals surface area contributed by atoms with Gasteiger partial charge in [0.2, 0.25) is 5.91 Å². The third-order valence-electron chi connectivity index (χ3n) is 4.81. The average Bonchev–Trinajstić information content (AvgIpc) is 2.67. The summed E-state index contributed by atoms with van der Waals surface area (Å²) < 4.78 is 0. The van der Waals surface area contributed by atoms with Gasteiger partial charge in [0.1, 0.15) is 0 Å². The Morgan fingerprint density at radius 2 is 1.72 bits per heavy atom. The van der Waals surface area contributed by atoms with Crippen LogP contribution in [0.15, 0.2) is 42.5 Å². The second-order valence-corrected chi connectivity index (χ2v) is 6.38. The summed E-state index contributed by atoms with van der Waals surface area (Å²) in [5.74, 6) is -0.0103. The first kappa shape index (κ1) is 17.4. The van der Waals surface area contributed by atoms with Crippen LogP contribution in [0.3, 0.4) is 0 Å². The minimum absolute atomic E-state index is 0.120. The summed E-state index contributed by atoms with van der Waals surface area (Å²) in [6, 6.07) is 13.6. The molecule has 0 spiro atoms. The van der Waals surface area contributed by atoms with Crippen molar-refractivity contribution in [2.45, 2.75) is 13.3 Å². The summed E-state index contributed by atoms with van der Waals surface area (Å²) in [6.07, 6.45) is 0.353. The number of nitrogens with one attached hydrogen (secondary N) is 1. The Hall–Kier alpha value is -2.40. The predicted octanol–water partition coefficient (Wildman–Crippen LogP) is 2.12. The first-order valence-corrected chi connectivity index (χ1v) is 8.94. The highest BCUT2D eigenvalue weighted by molar-refractivity contribution is 5.98. The van der Waals surface area contributed by atoms with E-state index in [-0.39, 0.29) is 11.8 Å². The molecule has 2 aromatic rings. The fourth-order valence-electron chi connectivity index (χ4n) is 3.19. The lowest BCUT2D eigenvalue weighted by molar-refractivity contribution is -0.132. The van der Waals surface area contributed by atoms with Gasteiger partial charge < -0.3 is 15.1 Å². The van der Waals surface area contributed by atoms with Crippen molar-refractivity contribution >= 4 is 22.6 Å². The monoisotopic (exact) mass is 339 g/mol. The van der Waals surface area contributed by atoms with E-state index in [4.69, 9.17) is 0 Å². The van der Waals surface area contributed by atoms with Crippen LogP contribution in [0.5, 0.6) is 0 Å². The highest BCUT2D eigenvalue weighted by Gasteiger charge is 2.19. The van der Waals surface area contributed by atoms with Gasteiger partial charge in [0, 0.05) is 44.7 Å². The molecule has 0 saturated carbocycles. The van der Waals surface area contributed by atoms with E-state index in [0.29, 0.717) is 18.5 Å². The van der Waals surface area contributed by atoms with Crippen LogP contribution in [0, 0.1) is 0 Å². The van der Waals surface area contributed by atoms with Gasteiger partial charge in [-0.15, -0.1) is 0 Å². The van der Waals surface area contributed by atoms with E-state index in [1.165, 1.54) is 0 Å². The number of hydrogen-bond donors (Lipinski definition) is 1. The number of carbonyl (C=O) groups excluding carboxylic acids is 2. The topological polar surface area (TPSA) is 52.6 Å². The maximum atomic E-state index is 12.3. The van der Waals surface area contributed by atoms with Crippen LogP contribution < -0.4 is 5.32 Å². The Kier molecular flexibility index (Phi) is 5.66. The zero-order valence-corrected chi connectivity index (χ0v) is 14.7. The van der Waals surface area contributed by atoms with Crippen LogP contribution in [-0.4, -0.2) is 60.9 Å². The summed E-state index contributed by atoms with van der Waals surface area (Å²) in [4.78, 5) is 28.8. The standard InChI is InChI=1S/C20H25N3O2/c1-2-22-11-13-23(14-12-22)19(24)9-10-21-20(25)18-8-7-16-5-3-4-6-17(16)15-18/h3-8,15H,2,9-14H2,1H3,(H,21,25). The Bertz CT molecular complexity index is 751. The summed E-state index contributed by atoms with van der Waals surface area (Å²) in [5, 5.41) is 5.01. The molecule has 1 saturated heterocycles. The van der Waals surface area contributed by atoms with E-state index in [2.05, 4.69) is 17.1 Å². The maximum Gasteiger partial charge on any atom is 0.251 e. The predicted molar refractivity (Wildman–Crippen MR) is 99.6 cm³/mol. The van der Waals surface area contributed by atoms with Crippen molar-refractivity contribution in [3.8, 4) is 0 Å². The lowest BCUT2D eigenvalue weighted by Crippen LogP contribution is -2.49. The number of benzene rings is 2. The zero-order valence-electron chi connectivity index (χ0n) is 14.7. The second kappa shape index (κ2) is 8.12. The van der Waals surface area contributed by atoms with Gasteiger partial charge in [-0.1, -0.05) is 37.3 Å². The Morgan fingerprint density at radius 3 is 2.44 bits per heavy atom. The van der Waals surface area contributed by atoms with E-state index >= 15 is 0 Å². The van der Waals surface area contributed by atoms with Gasteiger partial charge in [0.25, 0.3) is 5.91 Å². The molecule has 0 aromatic heterocycles. The number of rotatable bonds is 5. The molecule has 3 rings (SSSR count). The van der Waals surface area contributed by atoms with Crippen LogP contribution in [-0.2, 0) is 4.79 Å². The molecule has 25 heavy (non-hydrogen) atoms. The lowest BCUT2D eigenvalue weighted by atomic mass is 10.1. The average molecular weight is 339 g/mol. The number of hydrogen-bond acceptors (Lipinski definition) is 3. The van der Waals surface area contributed by atoms with Crippen LogP contribution in [0.25, 0.3) is 10.8 Å². The van der Waals surface area contributed by atoms with Crippen LogP contribution in [0.1, 0.15) is 23.7 Å². The minimum atomic E-state index is -0.130. The molecule has 0 radical (unpaired) electrons. The molecule has 1 aliphatic heterocycles. The first-order chi connectivity index (χ1) is 12.2. The molecule has 5 heteroatoms. The molecule has 0 unspecified atom stereocenters. The van der Waals surface area contributed by atoms with Crippen molar-refractivity contribution < 1.29 is 9.59 Å². The van der Waals surface area contributed by atoms with E-state index in [9.17, 15) is 9.59 Å². The largest absolute Gasteiger partial charge is 0.352 e. The smallest absolute Gasteiger partial charge is 0.251 e. The highest BCUT2D eigenvalue weighted by Crippen LogP contribution is 2.15. The molecular weight excluding hydrogens is 314 g/mol. The molecule has 2 aromatic carbocycles. The molecule has 1 fully saturated rings. The van der Waals surface area contributed by atoms with Crippen LogP contribution >= 0.6 is 0 Å². The summed E-state index contributed by atoms with van der Waals surface area (Å²) in [6.45, 7) is 6.98. The zero-order chi connectivity index (χ0) is 17.6. The SMILES string of the molecule is CCN1CCN(C(=O)CCNC(=O)c2ccc3ccccc3c2)CC1. The Morgan fingerprint density at radius 1 is 1.00 bits per heavy atom. The highest BCUT2D eigenvalue weighted by atomic mass is 16.2. The van der Waals surface area contributed by atoms with Crippen LogP contribution in [0.2, 0.25) is 0 Å². The Balaban J connectivity index is 1.48. The molecule has 2 amide bonds. The molecule has 1 N–H and O–H groups in total. The molecule has 0 atom stereocenters. The number of amides is 2. The van der Waals surface area contributed by atoms with Crippen molar-refractivity contribution in [3.05, 3.63) is 48.0 Å². The van der Waals surface area contributed by atoms with Gasteiger partial charge in [0.15, 0.2) is 0 Å². The number of carbonyl (C=O) groups is 2.